The van der Waals surface area contributed by atoms with Gasteiger partial charge in [-0.25, -0.2) is 18.1 Å². The van der Waals surface area contributed by atoms with Crippen LogP contribution in [0.2, 0.25) is 5.15 Å². The zero-order valence-corrected chi connectivity index (χ0v) is 10.9. The summed E-state index contributed by atoms with van der Waals surface area (Å²) in [6, 6.07) is 0.178. The highest BCUT2D eigenvalue weighted by Gasteiger charge is 2.21. The molecule has 0 radical (unpaired) electrons. The van der Waals surface area contributed by atoms with E-state index >= 15 is 0 Å². The van der Waals surface area contributed by atoms with Crippen molar-refractivity contribution in [2.45, 2.75) is 24.1 Å². The lowest BCUT2D eigenvalue weighted by Crippen LogP contribution is -2.17. The quantitative estimate of drug-likeness (QED) is 0.870. The Balaban J connectivity index is 3.07. The Kier molecular flexibility index (Phi) is 3.93. The summed E-state index contributed by atoms with van der Waals surface area (Å²) in [5.41, 5.74) is 0. The largest absolute Gasteiger partial charge is 0.359 e. The first-order valence-corrected chi connectivity index (χ1v) is 6.91. The van der Waals surface area contributed by atoms with Crippen molar-refractivity contribution >= 4 is 38.1 Å². The van der Waals surface area contributed by atoms with Crippen molar-refractivity contribution < 1.29 is 8.42 Å². The Bertz CT molecular complexity index is 441. The standard InChI is InChI=1S/C7H12ClN3O2S2/c1-4(2)10-7-11-5(8)6(14-7)15(12,13)9-3/h4,9H,1-3H3,(H,10,11). The lowest BCUT2D eigenvalue weighted by molar-refractivity contribution is 0.590. The molecule has 0 atom stereocenters. The number of thiazole rings is 1. The van der Waals surface area contributed by atoms with Crippen molar-refractivity contribution in [3.8, 4) is 0 Å². The Labute approximate surface area is 97.9 Å². The van der Waals surface area contributed by atoms with Crippen molar-refractivity contribution in [1.29, 1.82) is 0 Å². The monoisotopic (exact) mass is 269 g/mol. The van der Waals surface area contributed by atoms with Gasteiger partial charge in [-0.1, -0.05) is 22.9 Å². The Morgan fingerprint density at radius 3 is 2.53 bits per heavy atom. The Morgan fingerprint density at radius 1 is 1.47 bits per heavy atom. The number of halogens is 1. The van der Waals surface area contributed by atoms with Gasteiger partial charge < -0.3 is 5.32 Å². The van der Waals surface area contributed by atoms with Crippen LogP contribution >= 0.6 is 22.9 Å². The third kappa shape index (κ3) is 3.04. The number of nitrogens with one attached hydrogen (secondary N) is 2. The summed E-state index contributed by atoms with van der Waals surface area (Å²) in [5.74, 6) is 0. The average molecular weight is 270 g/mol. The predicted octanol–water partition coefficient (Wildman–Crippen LogP) is 1.52. The molecular weight excluding hydrogens is 258 g/mol. The first-order chi connectivity index (χ1) is 6.86. The number of aromatic nitrogens is 1. The van der Waals surface area contributed by atoms with Crippen LogP contribution in [-0.2, 0) is 10.0 Å². The molecule has 0 spiro atoms. The number of nitrogens with zero attached hydrogens (tertiary/aromatic N) is 1. The van der Waals surface area contributed by atoms with Crippen molar-refractivity contribution in [3.63, 3.8) is 0 Å². The van der Waals surface area contributed by atoms with Crippen LogP contribution < -0.4 is 10.0 Å². The minimum Gasteiger partial charge on any atom is -0.359 e. The van der Waals surface area contributed by atoms with E-state index < -0.39 is 10.0 Å². The second-order valence-corrected chi connectivity index (χ2v) is 6.54. The number of sulfonamides is 1. The molecule has 0 aliphatic rings. The molecule has 2 N–H and O–H groups in total. The van der Waals surface area contributed by atoms with Gasteiger partial charge in [0.25, 0.3) is 10.0 Å². The van der Waals surface area contributed by atoms with E-state index in [0.717, 1.165) is 11.3 Å². The van der Waals surface area contributed by atoms with E-state index in [2.05, 4.69) is 15.0 Å². The van der Waals surface area contributed by atoms with Crippen LogP contribution in [0, 0.1) is 0 Å². The van der Waals surface area contributed by atoms with Crippen LogP contribution in [0.3, 0.4) is 0 Å². The fourth-order valence-electron chi connectivity index (χ4n) is 0.855. The molecule has 5 nitrogen and oxygen atoms in total. The van der Waals surface area contributed by atoms with E-state index in [1.54, 1.807) is 0 Å². The third-order valence-electron chi connectivity index (χ3n) is 1.48. The minimum atomic E-state index is -3.51. The van der Waals surface area contributed by atoms with Gasteiger partial charge in [0, 0.05) is 6.04 Å². The predicted molar refractivity (Wildman–Crippen MR) is 62.1 cm³/mol. The molecule has 8 heteroatoms. The summed E-state index contributed by atoms with van der Waals surface area (Å²) in [6.07, 6.45) is 0. The highest BCUT2D eigenvalue weighted by atomic mass is 35.5. The Morgan fingerprint density at radius 2 is 2.07 bits per heavy atom. The molecule has 0 saturated carbocycles. The first-order valence-electron chi connectivity index (χ1n) is 4.23. The van der Waals surface area contributed by atoms with Crippen LogP contribution in [-0.4, -0.2) is 26.5 Å². The molecule has 15 heavy (non-hydrogen) atoms. The highest BCUT2D eigenvalue weighted by Crippen LogP contribution is 2.30. The zero-order valence-electron chi connectivity index (χ0n) is 8.54. The van der Waals surface area contributed by atoms with Crippen molar-refractivity contribution in [3.05, 3.63) is 5.15 Å². The van der Waals surface area contributed by atoms with Crippen molar-refractivity contribution in [1.82, 2.24) is 9.71 Å². The van der Waals surface area contributed by atoms with E-state index in [4.69, 9.17) is 11.6 Å². The maximum Gasteiger partial charge on any atom is 0.253 e. The Hall–Kier alpha value is -0.370. The van der Waals surface area contributed by atoms with Gasteiger partial charge in [0.2, 0.25) is 0 Å². The zero-order chi connectivity index (χ0) is 11.6. The number of rotatable bonds is 4. The summed E-state index contributed by atoms with van der Waals surface area (Å²) >= 11 is 6.75. The van der Waals surface area contributed by atoms with Gasteiger partial charge in [0.15, 0.2) is 14.5 Å². The van der Waals surface area contributed by atoms with E-state index in [1.165, 1.54) is 7.05 Å². The molecule has 0 unspecified atom stereocenters. The van der Waals surface area contributed by atoms with E-state index in [9.17, 15) is 8.42 Å². The van der Waals surface area contributed by atoms with Gasteiger partial charge in [0.05, 0.1) is 0 Å². The molecule has 86 valence electrons. The molecule has 0 aliphatic carbocycles. The SMILES string of the molecule is CNS(=O)(=O)c1sc(NC(C)C)nc1Cl. The lowest BCUT2D eigenvalue weighted by atomic mass is 10.4. The molecule has 0 saturated heterocycles. The number of hydrogen-bond donors (Lipinski definition) is 2. The van der Waals surface area contributed by atoms with Gasteiger partial charge >= 0.3 is 0 Å². The summed E-state index contributed by atoms with van der Waals surface area (Å²) in [7, 11) is -2.18. The molecule has 1 heterocycles. The molecule has 0 amide bonds. The summed E-state index contributed by atoms with van der Waals surface area (Å²) in [6.45, 7) is 3.86. The van der Waals surface area contributed by atoms with Crippen LogP contribution in [0.25, 0.3) is 0 Å². The second-order valence-electron chi connectivity index (χ2n) is 3.10. The summed E-state index contributed by atoms with van der Waals surface area (Å²) in [4.78, 5) is 3.92. The minimum absolute atomic E-state index is 0.00231. The van der Waals surface area contributed by atoms with E-state index in [0.29, 0.717) is 5.13 Å². The molecule has 0 aromatic carbocycles. The molecule has 0 bridgehead atoms. The van der Waals surface area contributed by atoms with Gasteiger partial charge in [-0.3, -0.25) is 0 Å². The fourth-order valence-corrected chi connectivity index (χ4v) is 3.53. The summed E-state index contributed by atoms with van der Waals surface area (Å²) < 4.78 is 25.2. The van der Waals surface area contributed by atoms with Gasteiger partial charge in [-0.05, 0) is 20.9 Å². The smallest absolute Gasteiger partial charge is 0.253 e. The number of hydrogen-bond acceptors (Lipinski definition) is 5. The van der Waals surface area contributed by atoms with Gasteiger partial charge in [-0.2, -0.15) is 0 Å². The highest BCUT2D eigenvalue weighted by molar-refractivity contribution is 7.91. The number of anilines is 1. The maximum absolute atomic E-state index is 11.5. The molecule has 0 aliphatic heterocycles. The summed E-state index contributed by atoms with van der Waals surface area (Å²) in [5, 5.41) is 3.49. The van der Waals surface area contributed by atoms with Crippen LogP contribution in [0.1, 0.15) is 13.8 Å². The van der Waals surface area contributed by atoms with E-state index in [-0.39, 0.29) is 15.4 Å². The van der Waals surface area contributed by atoms with E-state index in [1.807, 2.05) is 13.8 Å². The van der Waals surface area contributed by atoms with Crippen LogP contribution in [0.4, 0.5) is 5.13 Å². The normalized spacial score (nSPS) is 12.1. The lowest BCUT2D eigenvalue weighted by Gasteiger charge is -2.03. The van der Waals surface area contributed by atoms with Crippen molar-refractivity contribution in [2.75, 3.05) is 12.4 Å². The molecule has 1 rings (SSSR count). The van der Waals surface area contributed by atoms with Crippen LogP contribution in [0.15, 0.2) is 4.21 Å². The first kappa shape index (κ1) is 12.7. The molecule has 0 fully saturated rings. The van der Waals surface area contributed by atoms with Gasteiger partial charge in [-0.15, -0.1) is 0 Å². The van der Waals surface area contributed by atoms with Gasteiger partial charge in [0.1, 0.15) is 0 Å². The third-order valence-corrected chi connectivity index (χ3v) is 4.89. The molecular formula is C7H12ClN3O2S2. The fraction of sp³-hybridized carbons (Fsp3) is 0.571. The van der Waals surface area contributed by atoms with Crippen molar-refractivity contribution in [2.24, 2.45) is 0 Å². The molecule has 1 aromatic rings. The maximum atomic E-state index is 11.5. The second kappa shape index (κ2) is 4.65. The average Bonchev–Trinajstić information content (AvgIpc) is 2.46. The van der Waals surface area contributed by atoms with Crippen LogP contribution in [0.5, 0.6) is 0 Å². The topological polar surface area (TPSA) is 71.1 Å². The molecule has 1 aromatic heterocycles.